The van der Waals surface area contributed by atoms with Crippen LogP contribution < -0.4 is 0 Å². The van der Waals surface area contributed by atoms with E-state index in [0.29, 0.717) is 0 Å². The van der Waals surface area contributed by atoms with E-state index in [9.17, 15) is 8.42 Å². The van der Waals surface area contributed by atoms with Crippen LogP contribution in [0.25, 0.3) is 0 Å². The van der Waals surface area contributed by atoms with E-state index in [4.69, 9.17) is 30.2 Å². The molecule has 0 amide bonds. The summed E-state index contributed by atoms with van der Waals surface area (Å²) in [5.41, 5.74) is 0.972. The van der Waals surface area contributed by atoms with Gasteiger partial charge in [0.1, 0.15) is 12.2 Å². The summed E-state index contributed by atoms with van der Waals surface area (Å²) < 4.78 is 53.7. The smallest absolute Gasteiger partial charge is 2.00 e. The fourth-order valence-corrected chi connectivity index (χ4v) is 4.14. The standard InChI is InChI=1S/C14H16NO4S.C5H10.3CO.W/c1-3-8-15(9-13-14(10-16)19-13)20(17,18)12-6-4-11(2)5-7-12;1-2-4-5-3-1;3*1-2;/h4-7,13-14,16H,8-10H2,2H3;1-5H2;;;;/q-1;;;;;+2/t13-,14-;;;;;/m1...../s1. The molecule has 2 aliphatic rings. The first kappa shape index (κ1) is 35.1. The Kier molecular flexibility index (Phi) is 23.4. The Balaban J connectivity index is -0.000000590. The Morgan fingerprint density at radius 3 is 1.78 bits per heavy atom. The fraction of sp³-hybridized carbons (Fsp3) is 0.500. The summed E-state index contributed by atoms with van der Waals surface area (Å²) in [7, 11) is -3.68. The maximum Gasteiger partial charge on any atom is 2.00 e. The molecule has 0 unspecified atom stereocenters. The van der Waals surface area contributed by atoms with Gasteiger partial charge in [0, 0.05) is 13.1 Å². The van der Waals surface area contributed by atoms with Crippen molar-refractivity contribution in [2.24, 2.45) is 0 Å². The summed E-state index contributed by atoms with van der Waals surface area (Å²) in [4.78, 5) is 0.180. The van der Waals surface area contributed by atoms with Gasteiger partial charge < -0.3 is 22.2 Å². The Hall–Kier alpha value is -1.48. The van der Waals surface area contributed by atoms with Gasteiger partial charge >= 0.3 is 55.0 Å². The van der Waals surface area contributed by atoms with Crippen LogP contribution in [0.3, 0.4) is 0 Å². The van der Waals surface area contributed by atoms with Crippen molar-refractivity contribution in [2.75, 3.05) is 19.7 Å². The monoisotopic (exact) mass is 632 g/mol. The minimum atomic E-state index is -3.68. The zero-order valence-corrected chi connectivity index (χ0v) is 21.5. The molecule has 1 saturated carbocycles. The molecule has 32 heavy (non-hydrogen) atoms. The van der Waals surface area contributed by atoms with Gasteiger partial charge in [-0.15, -0.1) is 0 Å². The molecule has 1 aromatic rings. The third-order valence-corrected chi connectivity index (χ3v) is 6.24. The maximum absolute atomic E-state index is 12.5. The zero-order chi connectivity index (χ0) is 24.3. The number of benzene rings is 1. The molecule has 0 spiro atoms. The van der Waals surface area contributed by atoms with Gasteiger partial charge in [0.25, 0.3) is 0 Å². The summed E-state index contributed by atoms with van der Waals surface area (Å²) >= 11 is 0. The summed E-state index contributed by atoms with van der Waals surface area (Å²) in [5, 5.41) is 8.92. The van der Waals surface area contributed by atoms with Gasteiger partial charge in [-0.05, 0) is 19.1 Å². The molecule has 3 rings (SSSR count). The molecule has 10 heteroatoms. The first-order valence-electron chi connectivity index (χ1n) is 9.33. The molecule has 1 heterocycles. The van der Waals surface area contributed by atoms with E-state index in [1.165, 1.54) is 32.1 Å². The molecule has 1 N–H and O–H groups in total. The van der Waals surface area contributed by atoms with Crippen molar-refractivity contribution in [1.82, 2.24) is 4.31 Å². The molecule has 0 aromatic heterocycles. The fourth-order valence-electron chi connectivity index (χ4n) is 2.78. The third-order valence-electron chi connectivity index (χ3n) is 4.42. The molecule has 0 radical (unpaired) electrons. The average Bonchev–Trinajstić information content (AvgIpc) is 3.28. The van der Waals surface area contributed by atoms with Crippen LogP contribution in [0.15, 0.2) is 29.2 Å². The van der Waals surface area contributed by atoms with Crippen molar-refractivity contribution in [3.05, 3.63) is 56.2 Å². The van der Waals surface area contributed by atoms with E-state index in [-0.39, 0.29) is 57.9 Å². The molecule has 2 atom stereocenters. The Morgan fingerprint density at radius 1 is 1.00 bits per heavy atom. The van der Waals surface area contributed by atoms with Crippen molar-refractivity contribution in [3.63, 3.8) is 0 Å². The van der Waals surface area contributed by atoms with Crippen LogP contribution in [0.5, 0.6) is 0 Å². The first-order chi connectivity index (χ1) is 15.0. The van der Waals surface area contributed by atoms with E-state index >= 15 is 0 Å². The van der Waals surface area contributed by atoms with Crippen LogP contribution >= 0.6 is 0 Å². The van der Waals surface area contributed by atoms with Gasteiger partial charge in [0.2, 0.25) is 10.0 Å². The zero-order valence-electron chi connectivity index (χ0n) is 17.8. The quantitative estimate of drug-likeness (QED) is 0.223. The molecule has 172 valence electrons. The molecule has 8 nitrogen and oxygen atoms in total. The summed E-state index contributed by atoms with van der Waals surface area (Å²) in [5.74, 6) is 2.10. The second kappa shape index (κ2) is 21.4. The van der Waals surface area contributed by atoms with Crippen LogP contribution in [-0.2, 0) is 49.8 Å². The number of hydrogen-bond acceptors (Lipinski definition) is 4. The van der Waals surface area contributed by atoms with E-state index in [0.717, 1.165) is 9.87 Å². The molecule has 0 bridgehead atoms. The molecule has 1 aromatic carbocycles. The number of rotatable bonds is 6. The second-order valence-corrected chi connectivity index (χ2v) is 8.39. The van der Waals surface area contributed by atoms with Gasteiger partial charge in [-0.3, -0.25) is 0 Å². The Morgan fingerprint density at radius 2 is 1.44 bits per heavy atom. The summed E-state index contributed by atoms with van der Waals surface area (Å²) in [6.07, 6.45) is 13.9. The predicted octanol–water partition coefficient (Wildman–Crippen LogP) is 2.17. The largest absolute Gasteiger partial charge is 2.00 e. The number of epoxide rings is 1. The molecule has 1 aliphatic heterocycles. The predicted molar refractivity (Wildman–Crippen MR) is 108 cm³/mol. The van der Waals surface area contributed by atoms with Crippen molar-refractivity contribution in [2.45, 2.75) is 56.1 Å². The van der Waals surface area contributed by atoms with Gasteiger partial charge in [-0.1, -0.05) is 49.8 Å². The minimum Gasteiger partial charge on any atom is 2.00 e. The first-order valence-corrected chi connectivity index (χ1v) is 10.8. The van der Waals surface area contributed by atoms with Crippen LogP contribution in [-0.4, -0.2) is 49.7 Å². The van der Waals surface area contributed by atoms with Crippen LogP contribution in [0, 0.1) is 39.2 Å². The third kappa shape index (κ3) is 13.2. The molecule has 2 fully saturated rings. The van der Waals surface area contributed by atoms with Crippen molar-refractivity contribution in [1.29, 1.82) is 0 Å². The number of aliphatic hydroxyl groups is 1. The van der Waals surface area contributed by atoms with E-state index in [2.05, 4.69) is 25.9 Å². The average molecular weight is 632 g/mol. The molecule has 1 saturated heterocycles. The number of sulfonamides is 1. The van der Waals surface area contributed by atoms with Gasteiger partial charge in [-0.2, -0.15) is 4.31 Å². The number of nitrogens with zero attached hydrogens (tertiary/aromatic N) is 1. The number of ether oxygens (including phenoxy) is 1. The van der Waals surface area contributed by atoms with E-state index in [1.54, 1.807) is 24.3 Å². The van der Waals surface area contributed by atoms with Gasteiger partial charge in [-0.25, -0.2) is 8.42 Å². The number of aliphatic hydroxyl groups excluding tert-OH is 1. The summed E-state index contributed by atoms with van der Waals surface area (Å²) in [6, 6.07) is 6.53. The minimum absolute atomic E-state index is 0. The van der Waals surface area contributed by atoms with Crippen molar-refractivity contribution < 1.29 is 53.3 Å². The van der Waals surface area contributed by atoms with Crippen LogP contribution in [0.1, 0.15) is 37.7 Å². The van der Waals surface area contributed by atoms with Crippen molar-refractivity contribution in [3.8, 4) is 5.92 Å². The van der Waals surface area contributed by atoms with E-state index in [1.807, 2.05) is 6.92 Å². The normalized spacial score (nSPS) is 17.5. The number of aryl methyl sites for hydroxylation is 1. The van der Waals surface area contributed by atoms with Crippen LogP contribution in [0.2, 0.25) is 0 Å². The Bertz CT molecular complexity index is 788. The molecular formula is C22H26NO7SW+. The number of hydrogen-bond donors (Lipinski definition) is 1. The Labute approximate surface area is 205 Å². The van der Waals surface area contributed by atoms with Crippen LogP contribution in [0.4, 0.5) is 0 Å². The topological polar surface area (TPSA) is 130 Å². The molecular weight excluding hydrogens is 606 g/mol. The maximum atomic E-state index is 12.5. The van der Waals surface area contributed by atoms with Gasteiger partial charge in [0.05, 0.1) is 11.5 Å². The SMILES string of the molecule is C1CCCC1.[C-]#CCN(C[C@H]1O[C@@H]1CO)S(=O)(=O)c1ccc(C)cc1.[C-]#[O+].[C-]#[O+].[C-]#[O+].[W+2]. The summed E-state index contributed by atoms with van der Waals surface area (Å²) in [6.45, 7) is 15.2. The van der Waals surface area contributed by atoms with E-state index < -0.39 is 10.0 Å². The molecule has 1 aliphatic carbocycles. The van der Waals surface area contributed by atoms with Gasteiger partial charge in [0.15, 0.2) is 0 Å². The van der Waals surface area contributed by atoms with Crippen molar-refractivity contribution >= 4 is 10.0 Å². The second-order valence-electron chi connectivity index (χ2n) is 6.45.